The molecule has 21 heavy (non-hydrogen) atoms. The third kappa shape index (κ3) is 5.79. The largest absolute Gasteiger partial charge is 0.479 e. The third-order valence-corrected chi connectivity index (χ3v) is 3.33. The predicted molar refractivity (Wildman–Crippen MR) is 79.7 cm³/mol. The molecule has 1 aromatic carbocycles. The fourth-order valence-corrected chi connectivity index (χ4v) is 2.20. The van der Waals surface area contributed by atoms with Crippen LogP contribution in [-0.4, -0.2) is 34.9 Å². The molecule has 0 fully saturated rings. The van der Waals surface area contributed by atoms with Gasteiger partial charge in [0.2, 0.25) is 0 Å². The molecular formula is C13H16Cl2N2O4. The van der Waals surface area contributed by atoms with Crippen LogP contribution in [0.4, 0.5) is 4.79 Å². The second-order valence-electron chi connectivity index (χ2n) is 4.43. The lowest BCUT2D eigenvalue weighted by Crippen LogP contribution is -2.39. The van der Waals surface area contributed by atoms with Gasteiger partial charge in [-0.3, -0.25) is 0 Å². The molecule has 1 rings (SSSR count). The molecule has 0 saturated carbocycles. The van der Waals surface area contributed by atoms with Gasteiger partial charge in [0, 0.05) is 23.0 Å². The van der Waals surface area contributed by atoms with Crippen LogP contribution in [0, 0.1) is 0 Å². The number of halogens is 2. The number of nitrogens with one attached hydrogen (secondary N) is 2. The van der Waals surface area contributed by atoms with Crippen LogP contribution in [0.5, 0.6) is 0 Å². The van der Waals surface area contributed by atoms with E-state index in [1.165, 1.54) is 0 Å². The van der Waals surface area contributed by atoms with Crippen molar-refractivity contribution in [1.82, 2.24) is 10.6 Å². The Morgan fingerprint density at radius 1 is 1.33 bits per heavy atom. The van der Waals surface area contributed by atoms with Crippen molar-refractivity contribution in [3.63, 3.8) is 0 Å². The van der Waals surface area contributed by atoms with Crippen molar-refractivity contribution in [1.29, 1.82) is 0 Å². The molecule has 4 N–H and O–H groups in total. The number of carbonyl (C=O) groups is 2. The summed E-state index contributed by atoms with van der Waals surface area (Å²) in [6, 6.07) is 4.13. The van der Waals surface area contributed by atoms with Crippen molar-refractivity contribution in [3.8, 4) is 0 Å². The van der Waals surface area contributed by atoms with E-state index in [0.29, 0.717) is 15.6 Å². The molecule has 1 aromatic rings. The number of urea groups is 1. The Bertz CT molecular complexity index is 525. The highest BCUT2D eigenvalue weighted by atomic mass is 35.5. The van der Waals surface area contributed by atoms with E-state index >= 15 is 0 Å². The minimum absolute atomic E-state index is 0.0420. The van der Waals surface area contributed by atoms with E-state index in [9.17, 15) is 9.59 Å². The lowest BCUT2D eigenvalue weighted by Gasteiger charge is -2.16. The molecule has 0 aromatic heterocycles. The number of amides is 2. The molecular weight excluding hydrogens is 319 g/mol. The van der Waals surface area contributed by atoms with E-state index in [-0.39, 0.29) is 19.0 Å². The van der Waals surface area contributed by atoms with Gasteiger partial charge < -0.3 is 20.8 Å². The number of hydrogen-bond acceptors (Lipinski definition) is 3. The summed E-state index contributed by atoms with van der Waals surface area (Å²) in [6.07, 6.45) is -1.56. The minimum atomic E-state index is -1.49. The van der Waals surface area contributed by atoms with Crippen LogP contribution in [0.15, 0.2) is 18.2 Å². The standard InChI is InChI=1S/C13H16Cl2N2O4/c1-7(9-3-2-8(14)6-10(9)15)17-13(21)16-5-4-11(18)12(19)20/h2-3,6-7,11,18H,4-5H2,1H3,(H,19,20)(H2,16,17,21)/t7?,11-/m0/s1. The van der Waals surface area contributed by atoms with E-state index in [2.05, 4.69) is 10.6 Å². The molecule has 1 unspecified atom stereocenters. The van der Waals surface area contributed by atoms with Gasteiger partial charge in [0.05, 0.1) is 6.04 Å². The van der Waals surface area contributed by atoms with Crippen molar-refractivity contribution in [2.24, 2.45) is 0 Å². The highest BCUT2D eigenvalue weighted by Gasteiger charge is 2.15. The van der Waals surface area contributed by atoms with Gasteiger partial charge in [0.1, 0.15) is 0 Å². The van der Waals surface area contributed by atoms with Crippen molar-refractivity contribution in [2.75, 3.05) is 6.54 Å². The van der Waals surface area contributed by atoms with Gasteiger partial charge >= 0.3 is 12.0 Å². The molecule has 0 spiro atoms. The SMILES string of the molecule is CC(NC(=O)NCC[C@H](O)C(=O)O)c1ccc(Cl)cc1Cl. The quantitative estimate of drug-likeness (QED) is 0.640. The van der Waals surface area contributed by atoms with Crippen LogP contribution in [0.25, 0.3) is 0 Å². The topological polar surface area (TPSA) is 98.7 Å². The summed E-state index contributed by atoms with van der Waals surface area (Å²) in [5, 5.41) is 23.6. The van der Waals surface area contributed by atoms with Gasteiger partial charge in [-0.25, -0.2) is 9.59 Å². The number of hydrogen-bond donors (Lipinski definition) is 4. The van der Waals surface area contributed by atoms with Gasteiger partial charge in [0.25, 0.3) is 0 Å². The highest BCUT2D eigenvalue weighted by Crippen LogP contribution is 2.25. The average molecular weight is 335 g/mol. The van der Waals surface area contributed by atoms with Crippen LogP contribution in [0.3, 0.4) is 0 Å². The van der Waals surface area contributed by atoms with E-state index in [4.69, 9.17) is 33.4 Å². The number of carbonyl (C=O) groups excluding carboxylic acids is 1. The van der Waals surface area contributed by atoms with Crippen molar-refractivity contribution >= 4 is 35.2 Å². The normalized spacial score (nSPS) is 13.3. The van der Waals surface area contributed by atoms with Crippen LogP contribution in [0.2, 0.25) is 10.0 Å². The molecule has 0 saturated heterocycles. The number of aliphatic carboxylic acids is 1. The van der Waals surface area contributed by atoms with E-state index in [1.54, 1.807) is 25.1 Å². The van der Waals surface area contributed by atoms with Crippen molar-refractivity contribution < 1.29 is 19.8 Å². The first-order valence-electron chi connectivity index (χ1n) is 6.21. The van der Waals surface area contributed by atoms with Crippen LogP contribution in [-0.2, 0) is 4.79 Å². The second kappa shape index (κ2) is 8.07. The summed E-state index contributed by atoms with van der Waals surface area (Å²) >= 11 is 11.8. The van der Waals surface area contributed by atoms with Crippen LogP contribution in [0.1, 0.15) is 24.9 Å². The van der Waals surface area contributed by atoms with E-state index < -0.39 is 18.1 Å². The summed E-state index contributed by atoms with van der Waals surface area (Å²) in [5.41, 5.74) is 0.710. The fraction of sp³-hybridized carbons (Fsp3) is 0.385. The Balaban J connectivity index is 2.45. The molecule has 0 bridgehead atoms. The van der Waals surface area contributed by atoms with Gasteiger partial charge in [0.15, 0.2) is 6.10 Å². The molecule has 0 heterocycles. The molecule has 2 atom stereocenters. The number of carboxylic acids is 1. The lowest BCUT2D eigenvalue weighted by atomic mass is 10.1. The van der Waals surface area contributed by atoms with Gasteiger partial charge in [-0.05, 0) is 24.6 Å². The number of aliphatic hydroxyl groups is 1. The second-order valence-corrected chi connectivity index (χ2v) is 5.27. The Morgan fingerprint density at radius 3 is 2.57 bits per heavy atom. The summed E-state index contributed by atoms with van der Waals surface area (Å²) in [7, 11) is 0. The molecule has 0 aliphatic heterocycles. The minimum Gasteiger partial charge on any atom is -0.479 e. The van der Waals surface area contributed by atoms with Gasteiger partial charge in [-0.1, -0.05) is 29.3 Å². The Hall–Kier alpha value is -1.50. The zero-order chi connectivity index (χ0) is 16.0. The average Bonchev–Trinajstić information content (AvgIpc) is 2.37. The lowest BCUT2D eigenvalue weighted by molar-refractivity contribution is -0.146. The number of carboxylic acid groups (broad SMARTS) is 1. The maximum Gasteiger partial charge on any atom is 0.332 e. The molecule has 0 aliphatic rings. The maximum atomic E-state index is 11.6. The summed E-state index contributed by atoms with van der Waals surface area (Å²) in [4.78, 5) is 22.0. The Labute approximate surface area is 132 Å². The smallest absolute Gasteiger partial charge is 0.332 e. The number of rotatable bonds is 6. The first-order chi connectivity index (χ1) is 9.81. The van der Waals surface area contributed by atoms with Gasteiger partial charge in [-0.2, -0.15) is 0 Å². The van der Waals surface area contributed by atoms with Crippen LogP contribution < -0.4 is 10.6 Å². The first-order valence-corrected chi connectivity index (χ1v) is 6.97. The summed E-state index contributed by atoms with van der Waals surface area (Å²) in [6.45, 7) is 1.79. The molecule has 6 nitrogen and oxygen atoms in total. The first kappa shape index (κ1) is 17.6. The number of benzene rings is 1. The molecule has 2 amide bonds. The van der Waals surface area contributed by atoms with Crippen molar-refractivity contribution in [3.05, 3.63) is 33.8 Å². The zero-order valence-electron chi connectivity index (χ0n) is 11.3. The molecule has 0 aliphatic carbocycles. The van der Waals surface area contributed by atoms with Gasteiger partial charge in [-0.15, -0.1) is 0 Å². The summed E-state index contributed by atoms with van der Waals surface area (Å²) < 4.78 is 0. The fourth-order valence-electron chi connectivity index (χ4n) is 1.62. The highest BCUT2D eigenvalue weighted by molar-refractivity contribution is 6.35. The summed E-state index contributed by atoms with van der Waals surface area (Å²) in [5.74, 6) is -1.32. The zero-order valence-corrected chi connectivity index (χ0v) is 12.8. The molecule has 0 radical (unpaired) electrons. The number of aliphatic hydroxyl groups excluding tert-OH is 1. The Kier molecular flexibility index (Phi) is 6.74. The maximum absolute atomic E-state index is 11.6. The van der Waals surface area contributed by atoms with E-state index in [1.807, 2.05) is 0 Å². The predicted octanol–water partition coefficient (Wildman–Crippen LogP) is 2.19. The monoisotopic (exact) mass is 334 g/mol. The molecule has 8 heteroatoms. The van der Waals surface area contributed by atoms with E-state index in [0.717, 1.165) is 0 Å². The van der Waals surface area contributed by atoms with Crippen LogP contribution >= 0.6 is 23.2 Å². The third-order valence-electron chi connectivity index (χ3n) is 2.76. The Morgan fingerprint density at radius 2 is 2.00 bits per heavy atom. The van der Waals surface area contributed by atoms with Crippen molar-refractivity contribution in [2.45, 2.75) is 25.5 Å². The molecule has 116 valence electrons.